The summed E-state index contributed by atoms with van der Waals surface area (Å²) < 4.78 is 19.0. The van der Waals surface area contributed by atoms with Gasteiger partial charge in [0, 0.05) is 67.4 Å². The summed E-state index contributed by atoms with van der Waals surface area (Å²) in [5, 5.41) is 4.44. The predicted molar refractivity (Wildman–Crippen MR) is 165 cm³/mol. The minimum absolute atomic E-state index is 0.0326. The molecule has 224 valence electrons. The van der Waals surface area contributed by atoms with Crippen LogP contribution in [0.4, 0.5) is 15.0 Å². The van der Waals surface area contributed by atoms with Gasteiger partial charge in [-0.15, -0.1) is 0 Å². The number of amides is 3. The Morgan fingerprint density at radius 3 is 2.36 bits per heavy atom. The van der Waals surface area contributed by atoms with Gasteiger partial charge in [-0.1, -0.05) is 30.3 Å². The highest BCUT2D eigenvalue weighted by Gasteiger charge is 2.29. The summed E-state index contributed by atoms with van der Waals surface area (Å²) >= 11 is 0. The highest BCUT2D eigenvalue weighted by atomic mass is 19.1. The normalized spacial score (nSPS) is 13.8. The number of nitrogens with zero attached hydrogens (tertiary/aromatic N) is 6. The van der Waals surface area contributed by atoms with Crippen molar-refractivity contribution in [3.05, 3.63) is 101 Å². The number of anilines is 1. The van der Waals surface area contributed by atoms with Crippen molar-refractivity contribution in [1.29, 1.82) is 0 Å². The molecule has 3 aromatic heterocycles. The van der Waals surface area contributed by atoms with Gasteiger partial charge < -0.3 is 21.3 Å². The Hall–Kier alpha value is -5.52. The van der Waals surface area contributed by atoms with Gasteiger partial charge in [0.05, 0.1) is 0 Å². The molecule has 3 amide bonds. The van der Waals surface area contributed by atoms with Crippen molar-refractivity contribution in [3.63, 3.8) is 0 Å². The third-order valence-corrected chi connectivity index (χ3v) is 8.12. The minimum atomic E-state index is -0.911. The molecule has 4 heterocycles. The summed E-state index contributed by atoms with van der Waals surface area (Å²) in [5.41, 5.74) is 14.3. The lowest BCUT2D eigenvalue weighted by Crippen LogP contribution is -2.43. The van der Waals surface area contributed by atoms with Crippen LogP contribution in [0, 0.1) is 5.82 Å². The second kappa shape index (κ2) is 11.3. The number of aromatic nitrogens is 4. The van der Waals surface area contributed by atoms with E-state index in [0.29, 0.717) is 48.3 Å². The van der Waals surface area contributed by atoms with E-state index in [0.717, 1.165) is 5.69 Å². The summed E-state index contributed by atoms with van der Waals surface area (Å²) in [6, 6.07) is 16.8. The van der Waals surface area contributed by atoms with E-state index in [1.54, 1.807) is 66.0 Å². The SMILES string of the molecule is CN(C)C(=O)N1CCC(c2cc(-c3ccc(-c4ccn(-c5ccccc5)c(=O)c4C(N)=O)cc3F)c3c(N)ncnn23)CC1. The average molecular weight is 595 g/mol. The lowest BCUT2D eigenvalue weighted by molar-refractivity contribution is 0.0999. The van der Waals surface area contributed by atoms with Gasteiger partial charge in [-0.25, -0.2) is 18.7 Å². The lowest BCUT2D eigenvalue weighted by Gasteiger charge is -2.33. The zero-order valence-electron chi connectivity index (χ0n) is 24.3. The van der Waals surface area contributed by atoms with Crippen molar-refractivity contribution in [2.45, 2.75) is 18.8 Å². The summed E-state index contributed by atoms with van der Waals surface area (Å²) in [5.74, 6) is -1.23. The van der Waals surface area contributed by atoms with Gasteiger partial charge in [0.2, 0.25) is 0 Å². The molecule has 4 N–H and O–H groups in total. The van der Waals surface area contributed by atoms with E-state index in [2.05, 4.69) is 10.1 Å². The van der Waals surface area contributed by atoms with Crippen LogP contribution in [0.25, 0.3) is 33.5 Å². The number of fused-ring (bicyclic) bond motifs is 1. The molecule has 0 aliphatic carbocycles. The maximum Gasteiger partial charge on any atom is 0.319 e. The number of nitrogen functional groups attached to an aromatic ring is 1. The van der Waals surface area contributed by atoms with Gasteiger partial charge in [-0.3, -0.25) is 14.2 Å². The van der Waals surface area contributed by atoms with E-state index in [-0.39, 0.29) is 34.5 Å². The molecule has 0 unspecified atom stereocenters. The van der Waals surface area contributed by atoms with Gasteiger partial charge in [0.25, 0.3) is 11.5 Å². The fourth-order valence-corrected chi connectivity index (χ4v) is 5.95. The maximum absolute atomic E-state index is 16.0. The molecule has 1 saturated heterocycles. The van der Waals surface area contributed by atoms with Gasteiger partial charge in [-0.2, -0.15) is 5.10 Å². The van der Waals surface area contributed by atoms with Gasteiger partial charge in [0.15, 0.2) is 5.82 Å². The van der Waals surface area contributed by atoms with E-state index in [1.807, 2.05) is 17.0 Å². The molecule has 0 saturated carbocycles. The number of primary amides is 1. The van der Waals surface area contributed by atoms with Crippen LogP contribution in [0.1, 0.15) is 34.8 Å². The number of urea groups is 1. The van der Waals surface area contributed by atoms with Gasteiger partial charge in [-0.05, 0) is 48.7 Å². The zero-order valence-corrected chi connectivity index (χ0v) is 24.3. The van der Waals surface area contributed by atoms with E-state index >= 15 is 4.39 Å². The van der Waals surface area contributed by atoms with Crippen molar-refractivity contribution in [1.82, 2.24) is 29.0 Å². The first-order valence-electron chi connectivity index (χ1n) is 14.1. The number of hydrogen-bond donors (Lipinski definition) is 2. The number of pyridine rings is 1. The molecule has 12 heteroatoms. The molecule has 2 aromatic carbocycles. The fourth-order valence-electron chi connectivity index (χ4n) is 5.95. The molecule has 6 rings (SSSR count). The number of rotatable bonds is 5. The van der Waals surface area contributed by atoms with Crippen LogP contribution in [0.15, 0.2) is 78.0 Å². The number of likely N-dealkylation sites (tertiary alicyclic amines) is 1. The Labute approximate surface area is 252 Å². The quantitative estimate of drug-likeness (QED) is 0.316. The number of para-hydroxylation sites is 1. The molecular weight excluding hydrogens is 563 g/mol. The number of benzene rings is 2. The van der Waals surface area contributed by atoms with Gasteiger partial charge >= 0.3 is 6.03 Å². The first kappa shape index (κ1) is 28.6. The maximum atomic E-state index is 16.0. The number of hydrogen-bond acceptors (Lipinski definition) is 6. The van der Waals surface area contributed by atoms with E-state index in [1.165, 1.54) is 23.2 Å². The van der Waals surface area contributed by atoms with Crippen molar-refractivity contribution < 1.29 is 14.0 Å². The average Bonchev–Trinajstić information content (AvgIpc) is 3.41. The number of carbonyl (C=O) groups is 2. The minimum Gasteiger partial charge on any atom is -0.382 e. The third-order valence-electron chi connectivity index (χ3n) is 8.12. The van der Waals surface area contributed by atoms with Crippen LogP contribution >= 0.6 is 0 Å². The van der Waals surface area contributed by atoms with Gasteiger partial charge in [0.1, 0.15) is 23.2 Å². The fraction of sp³-hybridized carbons (Fsp3) is 0.219. The zero-order chi connectivity index (χ0) is 31.1. The topological polar surface area (TPSA) is 145 Å². The van der Waals surface area contributed by atoms with Crippen molar-refractivity contribution in [2.24, 2.45) is 5.73 Å². The predicted octanol–water partition coefficient (Wildman–Crippen LogP) is 3.90. The summed E-state index contributed by atoms with van der Waals surface area (Å²) in [6.45, 7) is 1.16. The Kier molecular flexibility index (Phi) is 7.33. The van der Waals surface area contributed by atoms with E-state index < -0.39 is 17.3 Å². The molecule has 1 aliphatic heterocycles. The number of nitrogens with two attached hydrogens (primary N) is 2. The Bertz CT molecular complexity index is 1960. The number of carbonyl (C=O) groups excluding carboxylic acids is 2. The first-order chi connectivity index (χ1) is 21.2. The first-order valence-corrected chi connectivity index (χ1v) is 14.1. The van der Waals surface area contributed by atoms with Crippen LogP contribution < -0.4 is 17.0 Å². The highest BCUT2D eigenvalue weighted by molar-refractivity contribution is 6.00. The largest absolute Gasteiger partial charge is 0.382 e. The smallest absolute Gasteiger partial charge is 0.319 e. The molecule has 44 heavy (non-hydrogen) atoms. The molecule has 11 nitrogen and oxygen atoms in total. The summed E-state index contributed by atoms with van der Waals surface area (Å²) in [4.78, 5) is 45.7. The molecule has 1 fully saturated rings. The molecule has 0 bridgehead atoms. The standard InChI is InChI=1S/C32H31FN8O3/c1-38(2)32(44)39-13-10-19(11-14-39)26-17-24(28-29(34)36-18-37-41(26)28)23-9-8-20(16-25(23)33)22-12-15-40(21-6-4-3-5-7-21)31(43)27(22)30(35)42/h3-9,12,15-19H,10-11,13-14H2,1-2H3,(H2,35,42)(H2,34,36,37). The van der Waals surface area contributed by atoms with Crippen LogP contribution in [-0.4, -0.2) is 68.1 Å². The van der Waals surface area contributed by atoms with Crippen LogP contribution in [0.5, 0.6) is 0 Å². The van der Waals surface area contributed by atoms with Crippen LogP contribution in [0.2, 0.25) is 0 Å². The summed E-state index contributed by atoms with van der Waals surface area (Å²) in [6.07, 6.45) is 4.32. The molecule has 5 aromatic rings. The molecule has 1 aliphatic rings. The second-order valence-corrected chi connectivity index (χ2v) is 11.0. The highest BCUT2D eigenvalue weighted by Crippen LogP contribution is 2.38. The number of piperidine rings is 1. The summed E-state index contributed by atoms with van der Waals surface area (Å²) in [7, 11) is 3.46. The monoisotopic (exact) mass is 594 g/mol. The van der Waals surface area contributed by atoms with Crippen molar-refractivity contribution in [2.75, 3.05) is 32.9 Å². The van der Waals surface area contributed by atoms with Crippen LogP contribution in [0.3, 0.4) is 0 Å². The van der Waals surface area contributed by atoms with E-state index in [9.17, 15) is 14.4 Å². The van der Waals surface area contributed by atoms with Crippen LogP contribution in [-0.2, 0) is 0 Å². The lowest BCUT2D eigenvalue weighted by atomic mass is 9.92. The second-order valence-electron chi connectivity index (χ2n) is 11.0. The van der Waals surface area contributed by atoms with E-state index in [4.69, 9.17) is 11.5 Å². The molecule has 0 spiro atoms. The third kappa shape index (κ3) is 4.93. The van der Waals surface area contributed by atoms with Crippen molar-refractivity contribution in [3.8, 4) is 27.9 Å². The molecular formula is C32H31FN8O3. The Morgan fingerprint density at radius 2 is 1.70 bits per heavy atom. The Morgan fingerprint density at radius 1 is 0.977 bits per heavy atom. The Balaban J connectivity index is 1.39. The number of halogens is 1. The van der Waals surface area contributed by atoms with Crippen molar-refractivity contribution >= 4 is 23.3 Å². The molecule has 0 atom stereocenters. The molecule has 0 radical (unpaired) electrons.